The molecule has 2 bridgehead atoms. The van der Waals surface area contributed by atoms with E-state index < -0.39 is 7.37 Å². The van der Waals surface area contributed by atoms with E-state index in [0.717, 1.165) is 30.6 Å². The van der Waals surface area contributed by atoms with E-state index in [1.54, 1.807) is 0 Å². The monoisotopic (exact) mass is 312 g/mol. The Balaban J connectivity index is 1.65. The first-order chi connectivity index (χ1) is 9.67. The van der Waals surface area contributed by atoms with Gasteiger partial charge < -0.3 is 4.89 Å². The minimum atomic E-state index is -2.97. The highest BCUT2D eigenvalue weighted by Crippen LogP contribution is 2.68. The number of hydrogen-bond donors (Lipinski definition) is 1. The normalized spacial score (nSPS) is 42.8. The number of rotatable bonds is 4. The summed E-state index contributed by atoms with van der Waals surface area (Å²) in [4.78, 5) is 10.8. The maximum atomic E-state index is 13.0. The molecule has 21 heavy (non-hydrogen) atoms. The smallest absolute Gasteiger partial charge is 0.204 e. The molecule has 0 heterocycles. The van der Waals surface area contributed by atoms with Crippen molar-refractivity contribution in [1.82, 2.24) is 0 Å². The predicted molar refractivity (Wildman–Crippen MR) is 88.8 cm³/mol. The average molecular weight is 312 g/mol. The molecule has 0 saturated heterocycles. The summed E-state index contributed by atoms with van der Waals surface area (Å²) in [6.45, 7) is 8.85. The van der Waals surface area contributed by atoms with Crippen LogP contribution in [0.15, 0.2) is 0 Å². The molecule has 3 fully saturated rings. The Morgan fingerprint density at radius 2 is 1.81 bits per heavy atom. The van der Waals surface area contributed by atoms with Gasteiger partial charge in [0, 0.05) is 11.8 Å². The van der Waals surface area contributed by atoms with Gasteiger partial charge in [-0.25, -0.2) is 0 Å². The van der Waals surface area contributed by atoms with Crippen LogP contribution < -0.4 is 0 Å². The molecule has 0 aromatic carbocycles. The molecule has 3 heteroatoms. The second kappa shape index (κ2) is 5.38. The van der Waals surface area contributed by atoms with E-state index in [1.165, 1.54) is 25.7 Å². The van der Waals surface area contributed by atoms with Crippen LogP contribution in [0.4, 0.5) is 0 Å². The predicted octanol–water partition coefficient (Wildman–Crippen LogP) is 5.15. The summed E-state index contributed by atoms with van der Waals surface area (Å²) in [5, 5.41) is 0. The first-order valence-corrected chi connectivity index (χ1v) is 10.9. The zero-order chi connectivity index (χ0) is 15.4. The Morgan fingerprint density at radius 1 is 1.14 bits per heavy atom. The van der Waals surface area contributed by atoms with Gasteiger partial charge in [-0.1, -0.05) is 34.1 Å². The van der Waals surface area contributed by atoms with Crippen molar-refractivity contribution in [2.24, 2.45) is 35.0 Å². The van der Waals surface area contributed by atoms with Crippen LogP contribution in [-0.4, -0.2) is 16.7 Å². The van der Waals surface area contributed by atoms with Gasteiger partial charge in [-0.15, -0.1) is 0 Å². The minimum absolute atomic E-state index is 0.143. The lowest BCUT2D eigenvalue weighted by molar-refractivity contribution is 0.250. The van der Waals surface area contributed by atoms with Gasteiger partial charge >= 0.3 is 0 Å². The van der Waals surface area contributed by atoms with E-state index >= 15 is 0 Å². The summed E-state index contributed by atoms with van der Waals surface area (Å²) in [5.74, 6) is 3.44. The van der Waals surface area contributed by atoms with E-state index in [9.17, 15) is 9.46 Å². The van der Waals surface area contributed by atoms with Gasteiger partial charge in [-0.2, -0.15) is 0 Å². The maximum Gasteiger partial charge on any atom is 0.204 e. The van der Waals surface area contributed by atoms with Crippen LogP contribution in [0.3, 0.4) is 0 Å². The topological polar surface area (TPSA) is 37.3 Å². The molecule has 7 atom stereocenters. The highest BCUT2D eigenvalue weighted by atomic mass is 31.2. The Kier molecular flexibility index (Phi) is 4.11. The Labute approximate surface area is 130 Å². The fourth-order valence-electron chi connectivity index (χ4n) is 6.19. The van der Waals surface area contributed by atoms with Crippen LogP contribution in [0, 0.1) is 35.0 Å². The lowest BCUT2D eigenvalue weighted by Gasteiger charge is -2.35. The second-order valence-corrected chi connectivity index (χ2v) is 12.1. The van der Waals surface area contributed by atoms with Crippen molar-refractivity contribution in [3.05, 3.63) is 0 Å². The van der Waals surface area contributed by atoms with Crippen LogP contribution in [0.5, 0.6) is 0 Å². The summed E-state index contributed by atoms with van der Waals surface area (Å²) in [6, 6.07) is 0. The van der Waals surface area contributed by atoms with Gasteiger partial charge in [0.05, 0.1) is 0 Å². The van der Waals surface area contributed by atoms with Crippen molar-refractivity contribution in [2.45, 2.75) is 71.9 Å². The molecule has 3 saturated carbocycles. The Hall–Kier alpha value is 0.190. The largest absolute Gasteiger partial charge is 0.344 e. The molecular formula is C18H33O2P. The Bertz CT molecular complexity index is 439. The fourth-order valence-corrected chi connectivity index (χ4v) is 9.02. The molecule has 1 N–H and O–H groups in total. The van der Waals surface area contributed by atoms with E-state index in [4.69, 9.17) is 0 Å². The molecule has 7 unspecified atom stereocenters. The standard InChI is InChI=1S/C18H33O2P/c1-12(10-18(2,3)4)11-21(19,20)17-9-13-8-16(17)15-7-5-6-14(13)15/h12-17H,5-11H2,1-4H3,(H,19,20). The molecule has 0 aliphatic heterocycles. The maximum absolute atomic E-state index is 13.0. The third-order valence-electron chi connectivity index (χ3n) is 6.45. The number of hydrogen-bond acceptors (Lipinski definition) is 1. The van der Waals surface area contributed by atoms with Crippen molar-refractivity contribution in [1.29, 1.82) is 0 Å². The van der Waals surface area contributed by atoms with Crippen LogP contribution >= 0.6 is 7.37 Å². The molecule has 3 aliphatic carbocycles. The Morgan fingerprint density at radius 3 is 2.48 bits per heavy atom. The molecule has 0 radical (unpaired) electrons. The molecule has 0 spiro atoms. The van der Waals surface area contributed by atoms with Gasteiger partial charge in [0.1, 0.15) is 0 Å². The van der Waals surface area contributed by atoms with Gasteiger partial charge in [0.25, 0.3) is 0 Å². The van der Waals surface area contributed by atoms with Crippen molar-refractivity contribution >= 4 is 7.37 Å². The molecule has 3 aliphatic rings. The van der Waals surface area contributed by atoms with Crippen molar-refractivity contribution in [3.63, 3.8) is 0 Å². The first-order valence-electron chi connectivity index (χ1n) is 8.99. The molecule has 2 nitrogen and oxygen atoms in total. The highest BCUT2D eigenvalue weighted by Gasteiger charge is 2.58. The first kappa shape index (κ1) is 16.1. The third kappa shape index (κ3) is 3.13. The quantitative estimate of drug-likeness (QED) is 0.729. The zero-order valence-electron chi connectivity index (χ0n) is 14.2. The van der Waals surface area contributed by atoms with E-state index in [0.29, 0.717) is 18.0 Å². The third-order valence-corrected chi connectivity index (χ3v) is 9.22. The summed E-state index contributed by atoms with van der Waals surface area (Å²) < 4.78 is 13.0. The van der Waals surface area contributed by atoms with Crippen LogP contribution in [-0.2, 0) is 4.57 Å². The molecular weight excluding hydrogens is 279 g/mol. The van der Waals surface area contributed by atoms with Crippen molar-refractivity contribution in [3.8, 4) is 0 Å². The molecule has 0 aromatic heterocycles. The lowest BCUT2D eigenvalue weighted by Crippen LogP contribution is -2.30. The van der Waals surface area contributed by atoms with Crippen LogP contribution in [0.1, 0.15) is 66.2 Å². The van der Waals surface area contributed by atoms with Crippen molar-refractivity contribution in [2.75, 3.05) is 6.16 Å². The van der Waals surface area contributed by atoms with Gasteiger partial charge in [-0.3, -0.25) is 4.57 Å². The van der Waals surface area contributed by atoms with Crippen LogP contribution in [0.25, 0.3) is 0 Å². The van der Waals surface area contributed by atoms with E-state index in [2.05, 4.69) is 27.7 Å². The van der Waals surface area contributed by atoms with Crippen LogP contribution in [0.2, 0.25) is 0 Å². The van der Waals surface area contributed by atoms with Gasteiger partial charge in [0.15, 0.2) is 0 Å². The highest BCUT2D eigenvalue weighted by molar-refractivity contribution is 7.58. The summed E-state index contributed by atoms with van der Waals surface area (Å²) in [7, 11) is -2.97. The number of fused-ring (bicyclic) bond motifs is 5. The summed E-state index contributed by atoms with van der Waals surface area (Å²) >= 11 is 0. The second-order valence-electron chi connectivity index (χ2n) is 9.53. The molecule has 0 aromatic rings. The fraction of sp³-hybridized carbons (Fsp3) is 1.00. The SMILES string of the molecule is CC(CC(C)(C)C)CP(=O)(O)C1CC2CC1C1CCCC21. The minimum Gasteiger partial charge on any atom is -0.344 e. The van der Waals surface area contributed by atoms with Crippen molar-refractivity contribution < 1.29 is 9.46 Å². The van der Waals surface area contributed by atoms with E-state index in [-0.39, 0.29) is 11.1 Å². The van der Waals surface area contributed by atoms with Gasteiger partial charge in [-0.05, 0) is 67.1 Å². The summed E-state index contributed by atoms with van der Waals surface area (Å²) in [5.41, 5.74) is 0.397. The molecule has 3 rings (SSSR count). The summed E-state index contributed by atoms with van der Waals surface area (Å²) in [6.07, 6.45) is 8.01. The molecule has 122 valence electrons. The zero-order valence-corrected chi connectivity index (χ0v) is 15.1. The average Bonchev–Trinajstić information content (AvgIpc) is 2.98. The lowest BCUT2D eigenvalue weighted by atomic mass is 9.81. The van der Waals surface area contributed by atoms with Gasteiger partial charge in [0.2, 0.25) is 7.37 Å². The molecule has 0 amide bonds. The van der Waals surface area contributed by atoms with E-state index in [1.807, 2.05) is 0 Å².